The van der Waals surface area contributed by atoms with Gasteiger partial charge in [-0.3, -0.25) is 4.99 Å². The number of aryl methyl sites for hydroxylation is 2. The molecule has 2 rings (SSSR count). The Bertz CT molecular complexity index is 522. The first-order valence-corrected chi connectivity index (χ1v) is 9.32. The van der Waals surface area contributed by atoms with Crippen LogP contribution in [-0.2, 0) is 11.2 Å². The summed E-state index contributed by atoms with van der Waals surface area (Å²) in [6.07, 6.45) is 3.13. The maximum atomic E-state index is 5.22. The Morgan fingerprint density at radius 1 is 1.35 bits per heavy atom. The van der Waals surface area contributed by atoms with Crippen LogP contribution in [0.4, 0.5) is 0 Å². The van der Waals surface area contributed by atoms with E-state index < -0.39 is 0 Å². The summed E-state index contributed by atoms with van der Waals surface area (Å²) >= 11 is 0. The van der Waals surface area contributed by atoms with Crippen LogP contribution >= 0.6 is 24.0 Å². The van der Waals surface area contributed by atoms with E-state index in [9.17, 15) is 0 Å². The van der Waals surface area contributed by atoms with Crippen LogP contribution in [0.2, 0.25) is 0 Å². The zero-order valence-corrected chi connectivity index (χ0v) is 18.8. The smallest absolute Gasteiger partial charge is 0.191 e. The predicted octanol–water partition coefficient (Wildman–Crippen LogP) is 2.12. The van der Waals surface area contributed by atoms with Crippen LogP contribution in [-0.4, -0.2) is 68.5 Å². The fourth-order valence-electron chi connectivity index (χ4n) is 3.17. The number of methoxy groups -OCH3 is 1. The molecule has 0 radical (unpaired) electrons. The molecule has 1 aromatic heterocycles. The zero-order chi connectivity index (χ0) is 18.1. The Hall–Kier alpha value is -0.870. The van der Waals surface area contributed by atoms with Crippen LogP contribution in [0.5, 0.6) is 0 Å². The van der Waals surface area contributed by atoms with Crippen molar-refractivity contribution in [3.63, 3.8) is 0 Å². The van der Waals surface area contributed by atoms with E-state index in [-0.39, 0.29) is 24.0 Å². The second-order valence-electron chi connectivity index (χ2n) is 6.57. The number of guanidine groups is 1. The van der Waals surface area contributed by atoms with Crippen molar-refractivity contribution < 1.29 is 9.26 Å². The molecule has 26 heavy (non-hydrogen) atoms. The van der Waals surface area contributed by atoms with Crippen LogP contribution < -0.4 is 10.6 Å². The molecule has 1 aliphatic rings. The molecule has 1 saturated heterocycles. The van der Waals surface area contributed by atoms with Crippen LogP contribution in [0.3, 0.4) is 0 Å². The molecule has 1 fully saturated rings. The van der Waals surface area contributed by atoms with Crippen LogP contribution in [0, 0.1) is 13.8 Å². The first kappa shape index (κ1) is 23.2. The minimum Gasteiger partial charge on any atom is -0.383 e. The number of halogens is 1. The topological polar surface area (TPSA) is 74.9 Å². The number of ether oxygens (including phenoxy) is 1. The van der Waals surface area contributed by atoms with Gasteiger partial charge >= 0.3 is 0 Å². The monoisotopic (exact) mass is 479 g/mol. The van der Waals surface area contributed by atoms with Crippen molar-refractivity contribution in [3.8, 4) is 0 Å². The number of hydrogen-bond donors (Lipinski definition) is 2. The van der Waals surface area contributed by atoms with Gasteiger partial charge in [-0.2, -0.15) is 0 Å². The number of aromatic nitrogens is 1. The standard InChI is InChI=1S/C18H33N5O2.HI/c1-5-19-18(20-9-6-17-14(2)22-25-15(17)3)21-16-7-10-23(11-8-16)12-13-24-4;/h16H,5-13H2,1-4H3,(H2,19,20,21);1H. The number of nitrogens with zero attached hydrogens (tertiary/aromatic N) is 3. The SMILES string of the molecule is CCNC(=NCCc1c(C)noc1C)NC1CCN(CCOC)CC1.I. The third kappa shape index (κ3) is 7.40. The van der Waals surface area contributed by atoms with Gasteiger partial charge < -0.3 is 24.8 Å². The van der Waals surface area contributed by atoms with Crippen molar-refractivity contribution in [2.24, 2.45) is 4.99 Å². The fraction of sp³-hybridized carbons (Fsp3) is 0.778. The van der Waals surface area contributed by atoms with E-state index in [1.807, 2.05) is 13.8 Å². The highest BCUT2D eigenvalue weighted by molar-refractivity contribution is 14.0. The van der Waals surface area contributed by atoms with Crippen molar-refractivity contribution in [2.75, 3.05) is 46.4 Å². The van der Waals surface area contributed by atoms with Crippen molar-refractivity contribution in [1.29, 1.82) is 0 Å². The number of piperidine rings is 1. The molecule has 1 aromatic rings. The van der Waals surface area contributed by atoms with E-state index in [0.717, 1.165) is 76.0 Å². The molecule has 2 N–H and O–H groups in total. The fourth-order valence-corrected chi connectivity index (χ4v) is 3.17. The molecule has 0 atom stereocenters. The first-order valence-electron chi connectivity index (χ1n) is 9.32. The van der Waals surface area contributed by atoms with Gasteiger partial charge in [-0.05, 0) is 40.0 Å². The Morgan fingerprint density at radius 3 is 2.65 bits per heavy atom. The van der Waals surface area contributed by atoms with Gasteiger partial charge in [0.25, 0.3) is 0 Å². The minimum atomic E-state index is 0. The molecule has 0 saturated carbocycles. The van der Waals surface area contributed by atoms with E-state index >= 15 is 0 Å². The molecule has 150 valence electrons. The summed E-state index contributed by atoms with van der Waals surface area (Å²) in [4.78, 5) is 7.19. The average molecular weight is 479 g/mol. The van der Waals surface area contributed by atoms with Gasteiger partial charge in [0.2, 0.25) is 0 Å². The first-order chi connectivity index (χ1) is 12.1. The van der Waals surface area contributed by atoms with Crippen LogP contribution in [0.1, 0.15) is 36.8 Å². The van der Waals surface area contributed by atoms with Crippen molar-refractivity contribution in [3.05, 3.63) is 17.0 Å². The molecule has 0 amide bonds. The molecule has 0 bridgehead atoms. The lowest BCUT2D eigenvalue weighted by Gasteiger charge is -2.32. The molecular formula is C18H34IN5O2. The lowest BCUT2D eigenvalue weighted by atomic mass is 10.1. The van der Waals surface area contributed by atoms with Crippen LogP contribution in [0.15, 0.2) is 9.52 Å². The third-order valence-electron chi connectivity index (χ3n) is 4.70. The summed E-state index contributed by atoms with van der Waals surface area (Å²) in [5, 5.41) is 10.9. The molecule has 2 heterocycles. The van der Waals surface area contributed by atoms with Gasteiger partial charge in [0.05, 0.1) is 12.3 Å². The van der Waals surface area contributed by atoms with E-state index in [1.54, 1.807) is 7.11 Å². The summed E-state index contributed by atoms with van der Waals surface area (Å²) in [6, 6.07) is 0.482. The highest BCUT2D eigenvalue weighted by atomic mass is 127. The summed E-state index contributed by atoms with van der Waals surface area (Å²) in [5.74, 6) is 1.80. The number of nitrogens with one attached hydrogen (secondary N) is 2. The largest absolute Gasteiger partial charge is 0.383 e. The quantitative estimate of drug-likeness (QED) is 0.338. The lowest BCUT2D eigenvalue weighted by Crippen LogP contribution is -2.49. The zero-order valence-electron chi connectivity index (χ0n) is 16.5. The molecule has 8 heteroatoms. The number of aliphatic imine (C=N–C) groups is 1. The molecule has 1 aliphatic heterocycles. The molecule has 0 unspecified atom stereocenters. The molecule has 0 spiro atoms. The van der Waals surface area contributed by atoms with Gasteiger partial charge in [0.1, 0.15) is 5.76 Å². The summed E-state index contributed by atoms with van der Waals surface area (Å²) < 4.78 is 10.4. The normalized spacial score (nSPS) is 16.4. The number of likely N-dealkylation sites (tertiary alicyclic amines) is 1. The predicted molar refractivity (Wildman–Crippen MR) is 116 cm³/mol. The molecular weight excluding hydrogens is 445 g/mol. The Kier molecular flexibility index (Phi) is 11.1. The Labute approximate surface area is 174 Å². The Balaban J connectivity index is 0.00000338. The lowest BCUT2D eigenvalue weighted by molar-refractivity contribution is 0.128. The van der Waals surface area contributed by atoms with E-state index in [1.165, 1.54) is 5.56 Å². The van der Waals surface area contributed by atoms with Gasteiger partial charge in [-0.1, -0.05) is 5.16 Å². The molecule has 0 aliphatic carbocycles. The van der Waals surface area contributed by atoms with E-state index in [4.69, 9.17) is 14.3 Å². The second-order valence-corrected chi connectivity index (χ2v) is 6.57. The third-order valence-corrected chi connectivity index (χ3v) is 4.70. The Morgan fingerprint density at radius 2 is 2.08 bits per heavy atom. The molecule has 0 aromatic carbocycles. The summed E-state index contributed by atoms with van der Waals surface area (Å²) in [6.45, 7) is 11.7. The maximum absolute atomic E-state index is 5.22. The van der Waals surface area contributed by atoms with Crippen molar-refractivity contribution >= 4 is 29.9 Å². The van der Waals surface area contributed by atoms with Gasteiger partial charge in [-0.15, -0.1) is 24.0 Å². The van der Waals surface area contributed by atoms with Gasteiger partial charge in [-0.25, -0.2) is 0 Å². The summed E-state index contributed by atoms with van der Waals surface area (Å²) in [5.41, 5.74) is 2.14. The highest BCUT2D eigenvalue weighted by Gasteiger charge is 2.19. The van der Waals surface area contributed by atoms with Crippen LogP contribution in [0.25, 0.3) is 0 Å². The van der Waals surface area contributed by atoms with Crippen molar-refractivity contribution in [1.82, 2.24) is 20.7 Å². The van der Waals surface area contributed by atoms with E-state index in [2.05, 4.69) is 27.6 Å². The number of rotatable bonds is 8. The summed E-state index contributed by atoms with van der Waals surface area (Å²) in [7, 11) is 1.76. The number of hydrogen-bond acceptors (Lipinski definition) is 5. The van der Waals surface area contributed by atoms with Gasteiger partial charge in [0.15, 0.2) is 5.96 Å². The molecule has 7 nitrogen and oxygen atoms in total. The van der Waals surface area contributed by atoms with Crippen molar-refractivity contribution in [2.45, 2.75) is 46.1 Å². The van der Waals surface area contributed by atoms with E-state index in [0.29, 0.717) is 6.04 Å². The maximum Gasteiger partial charge on any atom is 0.191 e. The highest BCUT2D eigenvalue weighted by Crippen LogP contribution is 2.13. The second kappa shape index (κ2) is 12.5. The average Bonchev–Trinajstić information content (AvgIpc) is 2.93. The van der Waals surface area contributed by atoms with Gasteiger partial charge in [0, 0.05) is 51.4 Å². The minimum absolute atomic E-state index is 0.